The lowest BCUT2D eigenvalue weighted by atomic mass is 9.95. The fourth-order valence-electron chi connectivity index (χ4n) is 3.15. The number of anilines is 1. The molecule has 0 saturated heterocycles. The highest BCUT2D eigenvalue weighted by molar-refractivity contribution is 7.89. The maximum Gasteiger partial charge on any atom is 0.431 e. The number of aryl methyl sites for hydroxylation is 2. The van der Waals surface area contributed by atoms with E-state index in [1.54, 1.807) is 6.07 Å². The molecular formula is C18H18F3N3O2S. The van der Waals surface area contributed by atoms with Crippen molar-refractivity contribution in [1.29, 1.82) is 0 Å². The van der Waals surface area contributed by atoms with Gasteiger partial charge in [-0.15, -0.1) is 0 Å². The normalized spacial score (nSPS) is 17.9. The molecule has 144 valence electrons. The largest absolute Gasteiger partial charge is 0.431 e. The second-order valence-corrected chi connectivity index (χ2v) is 8.07. The summed E-state index contributed by atoms with van der Waals surface area (Å²) in [6.45, 7) is 3.75. The van der Waals surface area contributed by atoms with Crippen LogP contribution in [-0.2, 0) is 10.0 Å². The zero-order valence-corrected chi connectivity index (χ0v) is 15.5. The molecule has 2 aromatic carbocycles. The van der Waals surface area contributed by atoms with Gasteiger partial charge in [0.25, 0.3) is 0 Å². The molecule has 0 spiro atoms. The van der Waals surface area contributed by atoms with E-state index in [9.17, 15) is 21.6 Å². The third-order valence-electron chi connectivity index (χ3n) is 4.45. The Morgan fingerprint density at radius 3 is 2.26 bits per heavy atom. The van der Waals surface area contributed by atoms with E-state index in [2.05, 4.69) is 5.10 Å². The molecule has 0 aliphatic carbocycles. The molecule has 3 rings (SSSR count). The number of hydrogen-bond donors (Lipinski definition) is 1. The standard InChI is InChI=1S/C18H18F3N3O2S/c1-11-3-8-15(12(2)9-11)16-10-17(18(19,20)21)23-24(16)13-4-6-14(7-5-13)27(22,25)26/h3-9,16H,10H2,1-2H3,(H2,22,25,26). The second-order valence-electron chi connectivity index (χ2n) is 6.51. The first kappa shape index (κ1) is 19.4. The van der Waals surface area contributed by atoms with Crippen molar-refractivity contribution in [3.05, 3.63) is 59.2 Å². The van der Waals surface area contributed by atoms with Crippen molar-refractivity contribution in [2.45, 2.75) is 37.4 Å². The minimum absolute atomic E-state index is 0.117. The van der Waals surface area contributed by atoms with Crippen LogP contribution in [0.4, 0.5) is 18.9 Å². The van der Waals surface area contributed by atoms with Gasteiger partial charge in [-0.25, -0.2) is 13.6 Å². The molecule has 0 bridgehead atoms. The smallest absolute Gasteiger partial charge is 0.257 e. The van der Waals surface area contributed by atoms with E-state index in [0.717, 1.165) is 16.7 Å². The summed E-state index contributed by atoms with van der Waals surface area (Å²) in [5.74, 6) is 0. The van der Waals surface area contributed by atoms with Crippen molar-refractivity contribution >= 4 is 21.4 Å². The molecule has 2 N–H and O–H groups in total. The molecule has 5 nitrogen and oxygen atoms in total. The molecule has 0 saturated carbocycles. The maximum absolute atomic E-state index is 13.3. The number of sulfonamides is 1. The van der Waals surface area contributed by atoms with Gasteiger partial charge in [0.1, 0.15) is 5.71 Å². The third kappa shape index (κ3) is 3.98. The maximum atomic E-state index is 13.3. The highest BCUT2D eigenvalue weighted by Gasteiger charge is 2.43. The fraction of sp³-hybridized carbons (Fsp3) is 0.278. The molecule has 1 aliphatic heterocycles. The minimum atomic E-state index is -4.54. The predicted octanol–water partition coefficient (Wildman–Crippen LogP) is 3.82. The Morgan fingerprint density at radius 1 is 1.11 bits per heavy atom. The first-order valence-corrected chi connectivity index (χ1v) is 9.65. The lowest BCUT2D eigenvalue weighted by molar-refractivity contribution is -0.0600. The molecule has 1 unspecified atom stereocenters. The van der Waals surface area contributed by atoms with Gasteiger partial charge in [0, 0.05) is 6.42 Å². The first-order valence-electron chi connectivity index (χ1n) is 8.11. The lowest BCUT2D eigenvalue weighted by Crippen LogP contribution is -2.22. The van der Waals surface area contributed by atoms with Crippen LogP contribution in [0.1, 0.15) is 29.2 Å². The third-order valence-corrected chi connectivity index (χ3v) is 5.38. The van der Waals surface area contributed by atoms with Crippen LogP contribution < -0.4 is 10.1 Å². The molecular weight excluding hydrogens is 379 g/mol. The second kappa shape index (κ2) is 6.65. The van der Waals surface area contributed by atoms with Gasteiger partial charge in [-0.05, 0) is 49.2 Å². The van der Waals surface area contributed by atoms with Crippen molar-refractivity contribution in [2.24, 2.45) is 10.2 Å². The topological polar surface area (TPSA) is 75.8 Å². The summed E-state index contributed by atoms with van der Waals surface area (Å²) in [6, 6.07) is 10.2. The van der Waals surface area contributed by atoms with Gasteiger partial charge in [0.05, 0.1) is 16.6 Å². The minimum Gasteiger partial charge on any atom is -0.257 e. The quantitative estimate of drug-likeness (QED) is 0.856. The van der Waals surface area contributed by atoms with Gasteiger partial charge < -0.3 is 0 Å². The molecule has 2 aromatic rings. The summed E-state index contributed by atoms with van der Waals surface area (Å²) in [6.07, 6.45) is -4.82. The average Bonchev–Trinajstić information content (AvgIpc) is 2.99. The molecule has 27 heavy (non-hydrogen) atoms. The summed E-state index contributed by atoms with van der Waals surface area (Å²) in [7, 11) is -3.89. The number of rotatable bonds is 3. The van der Waals surface area contributed by atoms with E-state index in [-0.39, 0.29) is 11.3 Å². The van der Waals surface area contributed by atoms with Crippen molar-refractivity contribution in [1.82, 2.24) is 0 Å². The number of nitrogens with two attached hydrogens (primary N) is 1. The van der Waals surface area contributed by atoms with Crippen molar-refractivity contribution < 1.29 is 21.6 Å². The number of halogens is 3. The Hall–Kier alpha value is -2.39. The van der Waals surface area contributed by atoms with E-state index in [4.69, 9.17) is 5.14 Å². The highest BCUT2D eigenvalue weighted by atomic mass is 32.2. The average molecular weight is 397 g/mol. The number of nitrogens with zero attached hydrogens (tertiary/aromatic N) is 2. The molecule has 1 aliphatic rings. The summed E-state index contributed by atoms with van der Waals surface area (Å²) in [5, 5.41) is 10.1. The molecule has 1 atom stereocenters. The number of hydrogen-bond acceptors (Lipinski definition) is 4. The van der Waals surface area contributed by atoms with Gasteiger partial charge in [-0.1, -0.05) is 23.8 Å². The van der Waals surface area contributed by atoms with Gasteiger partial charge >= 0.3 is 6.18 Å². The van der Waals surface area contributed by atoms with Crippen LogP contribution in [-0.4, -0.2) is 20.3 Å². The Kier molecular flexibility index (Phi) is 4.77. The highest BCUT2D eigenvalue weighted by Crippen LogP contribution is 2.40. The number of hydrazone groups is 1. The van der Waals surface area contributed by atoms with E-state index in [1.807, 2.05) is 26.0 Å². The molecule has 0 fully saturated rings. The number of benzene rings is 2. The zero-order chi connectivity index (χ0) is 20.0. The Labute approximate surface area is 155 Å². The van der Waals surface area contributed by atoms with Crippen LogP contribution >= 0.6 is 0 Å². The van der Waals surface area contributed by atoms with Crippen LogP contribution in [0.2, 0.25) is 0 Å². The summed E-state index contributed by atoms with van der Waals surface area (Å²) >= 11 is 0. The molecule has 9 heteroatoms. The van der Waals surface area contributed by atoms with Crippen LogP contribution in [0, 0.1) is 13.8 Å². The van der Waals surface area contributed by atoms with E-state index < -0.39 is 28.0 Å². The van der Waals surface area contributed by atoms with Gasteiger partial charge in [-0.2, -0.15) is 18.3 Å². The summed E-state index contributed by atoms with van der Waals surface area (Å²) in [5.41, 5.74) is 2.09. The van der Waals surface area contributed by atoms with E-state index >= 15 is 0 Å². The SMILES string of the molecule is Cc1ccc(C2CC(C(F)(F)F)=NN2c2ccc(S(N)(=O)=O)cc2)c(C)c1. The number of alkyl halides is 3. The lowest BCUT2D eigenvalue weighted by Gasteiger charge is -2.25. The first-order chi connectivity index (χ1) is 12.5. The van der Waals surface area contributed by atoms with Gasteiger partial charge in [0.15, 0.2) is 0 Å². The number of primary sulfonamides is 1. The van der Waals surface area contributed by atoms with Gasteiger partial charge in [0.2, 0.25) is 10.0 Å². The fourth-order valence-corrected chi connectivity index (χ4v) is 3.67. The zero-order valence-electron chi connectivity index (χ0n) is 14.7. The van der Waals surface area contributed by atoms with Crippen LogP contribution in [0.25, 0.3) is 0 Å². The monoisotopic (exact) mass is 397 g/mol. The summed E-state index contributed by atoms with van der Waals surface area (Å²) < 4.78 is 62.6. The molecule has 0 aromatic heterocycles. The Bertz CT molecular complexity index is 1000. The van der Waals surface area contributed by atoms with Crippen molar-refractivity contribution in [2.75, 3.05) is 5.01 Å². The predicted molar refractivity (Wildman–Crippen MR) is 97.1 cm³/mol. The van der Waals surface area contributed by atoms with Crippen molar-refractivity contribution in [3.8, 4) is 0 Å². The molecule has 1 heterocycles. The molecule has 0 radical (unpaired) electrons. The van der Waals surface area contributed by atoms with Crippen LogP contribution in [0.3, 0.4) is 0 Å². The Balaban J connectivity index is 2.05. The van der Waals surface area contributed by atoms with E-state index in [0.29, 0.717) is 5.69 Å². The van der Waals surface area contributed by atoms with Crippen molar-refractivity contribution in [3.63, 3.8) is 0 Å². The Morgan fingerprint density at radius 2 is 1.74 bits per heavy atom. The van der Waals surface area contributed by atoms with Crippen LogP contribution in [0.5, 0.6) is 0 Å². The van der Waals surface area contributed by atoms with E-state index in [1.165, 1.54) is 29.3 Å². The molecule has 0 amide bonds. The van der Waals surface area contributed by atoms with Gasteiger partial charge in [-0.3, -0.25) is 5.01 Å². The summed E-state index contributed by atoms with van der Waals surface area (Å²) in [4.78, 5) is -0.117. The van der Waals surface area contributed by atoms with Crippen LogP contribution in [0.15, 0.2) is 52.5 Å².